The van der Waals surface area contributed by atoms with Crippen LogP contribution in [0.3, 0.4) is 0 Å². The van der Waals surface area contributed by atoms with Gasteiger partial charge in [0.05, 0.1) is 33.3 Å². The average Bonchev–Trinajstić information content (AvgIpc) is 2.68. The molecule has 0 saturated heterocycles. The predicted octanol–water partition coefficient (Wildman–Crippen LogP) is 2.10. The van der Waals surface area contributed by atoms with Gasteiger partial charge < -0.3 is 19.5 Å². The Morgan fingerprint density at radius 3 is 2.28 bits per heavy atom. The van der Waals surface area contributed by atoms with Crippen LogP contribution in [-0.2, 0) is 21.4 Å². The SMILES string of the molecule is COc1ccc(CNC(=O)CN(c2cccc(C)c2)S(C)(=O)=O)c(OC)c1OC. The van der Waals surface area contributed by atoms with Gasteiger partial charge in [-0.15, -0.1) is 0 Å². The third kappa shape index (κ3) is 5.54. The zero-order valence-corrected chi connectivity index (χ0v) is 18.0. The second kappa shape index (κ2) is 9.51. The molecule has 0 spiro atoms. The van der Waals surface area contributed by atoms with Crippen molar-refractivity contribution in [1.29, 1.82) is 0 Å². The van der Waals surface area contributed by atoms with E-state index in [2.05, 4.69) is 5.32 Å². The van der Waals surface area contributed by atoms with E-state index in [1.165, 1.54) is 21.3 Å². The van der Waals surface area contributed by atoms with E-state index >= 15 is 0 Å². The zero-order chi connectivity index (χ0) is 21.6. The number of hydrogen-bond donors (Lipinski definition) is 1. The molecule has 0 radical (unpaired) electrons. The van der Waals surface area contributed by atoms with Crippen molar-refractivity contribution in [3.63, 3.8) is 0 Å². The van der Waals surface area contributed by atoms with Gasteiger partial charge in [-0.3, -0.25) is 9.10 Å². The maximum atomic E-state index is 12.5. The summed E-state index contributed by atoms with van der Waals surface area (Å²) in [7, 11) is 0.870. The second-order valence-corrected chi connectivity index (χ2v) is 8.29. The lowest BCUT2D eigenvalue weighted by Crippen LogP contribution is -2.40. The number of ether oxygens (including phenoxy) is 3. The third-order valence-electron chi connectivity index (χ3n) is 4.24. The first-order valence-electron chi connectivity index (χ1n) is 8.80. The van der Waals surface area contributed by atoms with Gasteiger partial charge in [-0.1, -0.05) is 12.1 Å². The van der Waals surface area contributed by atoms with Gasteiger partial charge in [0.25, 0.3) is 0 Å². The van der Waals surface area contributed by atoms with Crippen LogP contribution in [0, 0.1) is 6.92 Å². The molecular weight excluding hydrogens is 396 g/mol. The van der Waals surface area contributed by atoms with Crippen LogP contribution < -0.4 is 23.8 Å². The van der Waals surface area contributed by atoms with Crippen molar-refractivity contribution in [3.8, 4) is 17.2 Å². The molecule has 158 valence electrons. The Labute approximate surface area is 171 Å². The van der Waals surface area contributed by atoms with Crippen LogP contribution in [-0.4, -0.2) is 48.5 Å². The Bertz CT molecular complexity index is 975. The largest absolute Gasteiger partial charge is 0.493 e. The number of benzene rings is 2. The fourth-order valence-electron chi connectivity index (χ4n) is 2.87. The van der Waals surface area contributed by atoms with Crippen LogP contribution in [0.2, 0.25) is 0 Å². The Hall–Kier alpha value is -2.94. The van der Waals surface area contributed by atoms with E-state index in [4.69, 9.17) is 14.2 Å². The number of hydrogen-bond acceptors (Lipinski definition) is 6. The molecule has 0 heterocycles. The third-order valence-corrected chi connectivity index (χ3v) is 5.38. The number of methoxy groups -OCH3 is 3. The summed E-state index contributed by atoms with van der Waals surface area (Å²) in [4.78, 5) is 12.5. The zero-order valence-electron chi connectivity index (χ0n) is 17.2. The highest BCUT2D eigenvalue weighted by molar-refractivity contribution is 7.92. The van der Waals surface area contributed by atoms with E-state index < -0.39 is 15.9 Å². The van der Waals surface area contributed by atoms with Gasteiger partial charge in [0.15, 0.2) is 11.5 Å². The van der Waals surface area contributed by atoms with E-state index in [-0.39, 0.29) is 13.1 Å². The van der Waals surface area contributed by atoms with Crippen molar-refractivity contribution in [2.45, 2.75) is 13.5 Å². The topological polar surface area (TPSA) is 94.2 Å². The molecule has 2 aromatic carbocycles. The number of sulfonamides is 1. The maximum Gasteiger partial charge on any atom is 0.241 e. The average molecular weight is 423 g/mol. The Balaban J connectivity index is 2.18. The molecule has 0 aliphatic carbocycles. The highest BCUT2D eigenvalue weighted by atomic mass is 32.2. The van der Waals surface area contributed by atoms with Gasteiger partial charge in [0.2, 0.25) is 21.7 Å². The minimum Gasteiger partial charge on any atom is -0.493 e. The van der Waals surface area contributed by atoms with Gasteiger partial charge in [0.1, 0.15) is 6.54 Å². The van der Waals surface area contributed by atoms with Gasteiger partial charge in [0, 0.05) is 12.1 Å². The summed E-state index contributed by atoms with van der Waals surface area (Å²) in [6.07, 6.45) is 1.07. The molecule has 0 aliphatic heterocycles. The molecule has 0 saturated carbocycles. The first kappa shape index (κ1) is 22.4. The number of aryl methyl sites for hydroxylation is 1. The maximum absolute atomic E-state index is 12.5. The lowest BCUT2D eigenvalue weighted by Gasteiger charge is -2.22. The van der Waals surface area contributed by atoms with Crippen LogP contribution >= 0.6 is 0 Å². The number of carbonyl (C=O) groups excluding carboxylic acids is 1. The summed E-state index contributed by atoms with van der Waals surface area (Å²) in [5, 5.41) is 2.73. The van der Waals surface area contributed by atoms with E-state index in [0.717, 1.165) is 16.1 Å². The molecule has 0 unspecified atom stereocenters. The van der Waals surface area contributed by atoms with Gasteiger partial charge >= 0.3 is 0 Å². The van der Waals surface area contributed by atoms with E-state index in [9.17, 15) is 13.2 Å². The van der Waals surface area contributed by atoms with Crippen molar-refractivity contribution >= 4 is 21.6 Å². The molecule has 2 aromatic rings. The van der Waals surface area contributed by atoms with Gasteiger partial charge in [-0.05, 0) is 36.8 Å². The summed E-state index contributed by atoms with van der Waals surface area (Å²) < 4.78 is 41.4. The van der Waals surface area contributed by atoms with Crippen LogP contribution in [0.25, 0.3) is 0 Å². The molecule has 0 bridgehead atoms. The molecule has 29 heavy (non-hydrogen) atoms. The molecule has 9 heteroatoms. The van der Waals surface area contributed by atoms with Crippen molar-refractivity contribution in [2.24, 2.45) is 0 Å². The van der Waals surface area contributed by atoms with E-state index in [1.54, 1.807) is 30.3 Å². The Kier molecular flexibility index (Phi) is 7.33. The summed E-state index contributed by atoms with van der Waals surface area (Å²) in [5.41, 5.74) is 2.00. The van der Waals surface area contributed by atoms with Crippen LogP contribution in [0.4, 0.5) is 5.69 Å². The summed E-state index contributed by atoms with van der Waals surface area (Å²) in [6.45, 7) is 1.65. The smallest absolute Gasteiger partial charge is 0.241 e. The van der Waals surface area contributed by atoms with E-state index in [1.807, 2.05) is 13.0 Å². The number of amides is 1. The van der Waals surface area contributed by atoms with E-state index in [0.29, 0.717) is 28.5 Å². The van der Waals surface area contributed by atoms with Gasteiger partial charge in [-0.2, -0.15) is 0 Å². The number of rotatable bonds is 9. The molecule has 0 atom stereocenters. The van der Waals surface area contributed by atoms with Crippen molar-refractivity contribution in [3.05, 3.63) is 47.5 Å². The lowest BCUT2D eigenvalue weighted by molar-refractivity contribution is -0.119. The first-order chi connectivity index (χ1) is 13.7. The molecule has 0 aromatic heterocycles. The number of nitrogens with zero attached hydrogens (tertiary/aromatic N) is 1. The Morgan fingerprint density at radius 1 is 1.03 bits per heavy atom. The normalized spacial score (nSPS) is 10.9. The fourth-order valence-corrected chi connectivity index (χ4v) is 3.71. The monoisotopic (exact) mass is 422 g/mol. The van der Waals surface area contributed by atoms with Crippen molar-refractivity contribution in [2.75, 3.05) is 38.4 Å². The first-order valence-corrected chi connectivity index (χ1v) is 10.6. The second-order valence-electron chi connectivity index (χ2n) is 6.38. The Morgan fingerprint density at radius 2 is 1.72 bits per heavy atom. The minimum absolute atomic E-state index is 0.133. The summed E-state index contributed by atoms with van der Waals surface area (Å²) >= 11 is 0. The summed E-state index contributed by atoms with van der Waals surface area (Å²) in [5.74, 6) is 0.904. The number of carbonyl (C=O) groups is 1. The molecule has 8 nitrogen and oxygen atoms in total. The van der Waals surface area contributed by atoms with Crippen molar-refractivity contribution in [1.82, 2.24) is 5.32 Å². The highest BCUT2D eigenvalue weighted by Crippen LogP contribution is 2.39. The standard InChI is InChI=1S/C20H26N2O6S/c1-14-7-6-8-16(11-14)22(29(5,24)25)13-18(23)21-12-15-9-10-17(26-2)20(28-4)19(15)27-3/h6-11H,12-13H2,1-5H3,(H,21,23). The summed E-state index contributed by atoms with van der Waals surface area (Å²) in [6, 6.07) is 10.4. The molecule has 2 rings (SSSR count). The molecule has 1 amide bonds. The molecular formula is C20H26N2O6S. The number of anilines is 1. The van der Waals surface area contributed by atoms with Crippen LogP contribution in [0.1, 0.15) is 11.1 Å². The van der Waals surface area contributed by atoms with Crippen molar-refractivity contribution < 1.29 is 27.4 Å². The minimum atomic E-state index is -3.63. The van der Waals surface area contributed by atoms with Gasteiger partial charge in [-0.25, -0.2) is 8.42 Å². The number of nitrogens with one attached hydrogen (secondary N) is 1. The highest BCUT2D eigenvalue weighted by Gasteiger charge is 2.22. The van der Waals surface area contributed by atoms with Crippen LogP contribution in [0.15, 0.2) is 36.4 Å². The molecule has 1 N–H and O–H groups in total. The molecule has 0 aliphatic rings. The quantitative estimate of drug-likeness (QED) is 0.665. The fraction of sp³-hybridized carbons (Fsp3) is 0.350. The lowest BCUT2D eigenvalue weighted by atomic mass is 10.1. The predicted molar refractivity (Wildman–Crippen MR) is 111 cm³/mol. The van der Waals surface area contributed by atoms with Crippen LogP contribution in [0.5, 0.6) is 17.2 Å². The molecule has 0 fully saturated rings.